The van der Waals surface area contributed by atoms with Crippen molar-refractivity contribution in [2.75, 3.05) is 14.2 Å². The number of thiocarbonyl (C=S) groups is 1. The molecule has 1 unspecified atom stereocenters. The van der Waals surface area contributed by atoms with Gasteiger partial charge in [-0.3, -0.25) is 0 Å². The zero-order chi connectivity index (χ0) is 10.8. The van der Waals surface area contributed by atoms with Gasteiger partial charge in [0.2, 0.25) is 5.11 Å². The van der Waals surface area contributed by atoms with Crippen molar-refractivity contribution >= 4 is 17.3 Å². The van der Waals surface area contributed by atoms with Crippen LogP contribution in [-0.2, 0) is 0 Å². The van der Waals surface area contributed by atoms with E-state index in [4.69, 9.17) is 17.0 Å². The maximum atomic E-state index is 5.09. The van der Waals surface area contributed by atoms with Crippen molar-refractivity contribution in [2.24, 2.45) is 10.2 Å². The molecule has 2 rings (SSSR count). The SMILES string of the molecule is COc1ccc(C2N=NC(=S)N2C)cc1. The predicted octanol–water partition coefficient (Wildman–Crippen LogP) is 2.38. The summed E-state index contributed by atoms with van der Waals surface area (Å²) in [6.45, 7) is 0. The maximum Gasteiger partial charge on any atom is 0.217 e. The summed E-state index contributed by atoms with van der Waals surface area (Å²) < 4.78 is 5.09. The highest BCUT2D eigenvalue weighted by atomic mass is 32.1. The van der Waals surface area contributed by atoms with Crippen molar-refractivity contribution in [1.29, 1.82) is 0 Å². The molecular weight excluding hydrogens is 210 g/mol. The molecule has 78 valence electrons. The summed E-state index contributed by atoms with van der Waals surface area (Å²) in [5, 5.41) is 8.48. The van der Waals surface area contributed by atoms with E-state index in [0.29, 0.717) is 5.11 Å². The van der Waals surface area contributed by atoms with Gasteiger partial charge in [-0.1, -0.05) is 12.1 Å². The maximum absolute atomic E-state index is 5.09. The van der Waals surface area contributed by atoms with Gasteiger partial charge in [0.1, 0.15) is 5.75 Å². The zero-order valence-corrected chi connectivity index (χ0v) is 9.36. The number of azo groups is 1. The van der Waals surface area contributed by atoms with Gasteiger partial charge in [0.25, 0.3) is 0 Å². The second-order valence-electron chi connectivity index (χ2n) is 3.26. The Morgan fingerprint density at radius 3 is 2.47 bits per heavy atom. The molecule has 0 radical (unpaired) electrons. The largest absolute Gasteiger partial charge is 0.497 e. The van der Waals surface area contributed by atoms with Crippen molar-refractivity contribution in [2.45, 2.75) is 6.17 Å². The Labute approximate surface area is 93.6 Å². The van der Waals surface area contributed by atoms with E-state index >= 15 is 0 Å². The Hall–Kier alpha value is -1.49. The first-order valence-corrected chi connectivity index (χ1v) is 4.95. The highest BCUT2D eigenvalue weighted by Crippen LogP contribution is 2.28. The molecule has 0 aliphatic carbocycles. The number of hydrogen-bond acceptors (Lipinski definition) is 3. The van der Waals surface area contributed by atoms with Crippen LogP contribution in [0.2, 0.25) is 0 Å². The van der Waals surface area contributed by atoms with E-state index in [-0.39, 0.29) is 6.17 Å². The molecule has 0 N–H and O–H groups in total. The normalized spacial score (nSPS) is 19.7. The molecule has 1 heterocycles. The van der Waals surface area contributed by atoms with Crippen LogP contribution in [0.1, 0.15) is 11.7 Å². The first-order chi connectivity index (χ1) is 7.22. The smallest absolute Gasteiger partial charge is 0.217 e. The Bertz CT molecular complexity index is 402. The molecule has 0 fully saturated rings. The van der Waals surface area contributed by atoms with Gasteiger partial charge in [-0.05, 0) is 29.9 Å². The van der Waals surface area contributed by atoms with Crippen molar-refractivity contribution < 1.29 is 4.74 Å². The number of methoxy groups -OCH3 is 1. The van der Waals surface area contributed by atoms with Crippen LogP contribution in [0, 0.1) is 0 Å². The summed E-state index contributed by atoms with van der Waals surface area (Å²) in [5.74, 6) is 0.832. The third-order valence-corrected chi connectivity index (χ3v) is 2.70. The minimum absolute atomic E-state index is 0.0941. The fourth-order valence-electron chi connectivity index (χ4n) is 1.42. The Balaban J connectivity index is 2.23. The second-order valence-corrected chi connectivity index (χ2v) is 3.62. The van der Waals surface area contributed by atoms with Crippen LogP contribution in [0.4, 0.5) is 0 Å². The second kappa shape index (κ2) is 3.94. The van der Waals surface area contributed by atoms with Gasteiger partial charge in [-0.25, -0.2) is 0 Å². The van der Waals surface area contributed by atoms with Gasteiger partial charge in [0.05, 0.1) is 7.11 Å². The molecule has 1 aromatic carbocycles. The first kappa shape index (κ1) is 10.0. The number of ether oxygens (including phenoxy) is 1. The lowest BCUT2D eigenvalue weighted by Crippen LogP contribution is -2.21. The molecule has 0 bridgehead atoms. The van der Waals surface area contributed by atoms with E-state index in [1.807, 2.05) is 36.2 Å². The van der Waals surface area contributed by atoms with E-state index < -0.39 is 0 Å². The molecule has 1 aliphatic heterocycles. The van der Waals surface area contributed by atoms with E-state index in [1.165, 1.54) is 0 Å². The third-order valence-electron chi connectivity index (χ3n) is 2.34. The topological polar surface area (TPSA) is 37.2 Å². The van der Waals surface area contributed by atoms with Gasteiger partial charge >= 0.3 is 0 Å². The molecule has 1 aliphatic rings. The lowest BCUT2D eigenvalue weighted by molar-refractivity contribution is 0.406. The molecule has 0 aromatic heterocycles. The predicted molar refractivity (Wildman–Crippen MR) is 61.0 cm³/mol. The molecule has 0 saturated heterocycles. The number of hydrogen-bond donors (Lipinski definition) is 0. The summed E-state index contributed by atoms with van der Waals surface area (Å²) in [5.41, 5.74) is 1.06. The Morgan fingerprint density at radius 2 is 2.00 bits per heavy atom. The van der Waals surface area contributed by atoms with Gasteiger partial charge in [0, 0.05) is 7.05 Å². The molecule has 4 nitrogen and oxygen atoms in total. The minimum Gasteiger partial charge on any atom is -0.497 e. The summed E-state index contributed by atoms with van der Waals surface area (Å²) >= 11 is 5.01. The van der Waals surface area contributed by atoms with Gasteiger partial charge in [0.15, 0.2) is 6.17 Å². The first-order valence-electron chi connectivity index (χ1n) is 4.54. The highest BCUT2D eigenvalue weighted by molar-refractivity contribution is 7.80. The van der Waals surface area contributed by atoms with E-state index in [2.05, 4.69) is 10.2 Å². The van der Waals surface area contributed by atoms with Crippen LogP contribution in [-0.4, -0.2) is 24.2 Å². The van der Waals surface area contributed by atoms with Crippen LogP contribution < -0.4 is 4.74 Å². The van der Waals surface area contributed by atoms with Crippen molar-refractivity contribution in [3.05, 3.63) is 29.8 Å². The molecule has 0 amide bonds. The monoisotopic (exact) mass is 221 g/mol. The fraction of sp³-hybridized carbons (Fsp3) is 0.300. The van der Waals surface area contributed by atoms with E-state index in [1.54, 1.807) is 7.11 Å². The average molecular weight is 221 g/mol. The highest BCUT2D eigenvalue weighted by Gasteiger charge is 2.23. The average Bonchev–Trinajstić information content (AvgIpc) is 2.60. The van der Waals surface area contributed by atoms with E-state index in [9.17, 15) is 0 Å². The fourth-order valence-corrected chi connectivity index (χ4v) is 1.57. The molecule has 15 heavy (non-hydrogen) atoms. The third kappa shape index (κ3) is 1.83. The van der Waals surface area contributed by atoms with Crippen molar-refractivity contribution in [3.63, 3.8) is 0 Å². The zero-order valence-electron chi connectivity index (χ0n) is 8.54. The van der Waals surface area contributed by atoms with Crippen LogP contribution in [0.5, 0.6) is 5.75 Å². The quantitative estimate of drug-likeness (QED) is 0.719. The standard InChI is InChI=1S/C10H11N3OS/c1-13-9(11-12-10(13)15)7-3-5-8(14-2)6-4-7/h3-6,9H,1-2H3. The van der Waals surface area contributed by atoms with Crippen molar-refractivity contribution in [1.82, 2.24) is 4.90 Å². The summed E-state index contributed by atoms with van der Waals surface area (Å²) in [7, 11) is 3.53. The molecule has 5 heteroatoms. The lowest BCUT2D eigenvalue weighted by atomic mass is 10.1. The Kier molecular flexibility index (Phi) is 2.64. The van der Waals surface area contributed by atoms with Gasteiger partial charge < -0.3 is 9.64 Å². The minimum atomic E-state index is -0.0941. The van der Waals surface area contributed by atoms with Crippen LogP contribution >= 0.6 is 12.2 Å². The lowest BCUT2D eigenvalue weighted by Gasteiger charge is -2.17. The Morgan fingerprint density at radius 1 is 1.33 bits per heavy atom. The molecule has 1 atom stereocenters. The van der Waals surface area contributed by atoms with Crippen molar-refractivity contribution in [3.8, 4) is 5.75 Å². The number of benzene rings is 1. The molecule has 0 spiro atoms. The van der Waals surface area contributed by atoms with Crippen LogP contribution in [0.15, 0.2) is 34.5 Å². The molecular formula is C10H11N3OS. The van der Waals surface area contributed by atoms with Crippen LogP contribution in [0.3, 0.4) is 0 Å². The number of rotatable bonds is 2. The molecule has 0 saturated carbocycles. The summed E-state index contributed by atoms with van der Waals surface area (Å²) in [4.78, 5) is 1.86. The summed E-state index contributed by atoms with van der Waals surface area (Å²) in [6.07, 6.45) is -0.0941. The van der Waals surface area contributed by atoms with E-state index in [0.717, 1.165) is 11.3 Å². The number of nitrogens with zero attached hydrogens (tertiary/aromatic N) is 3. The molecule has 1 aromatic rings. The van der Waals surface area contributed by atoms with Crippen LogP contribution in [0.25, 0.3) is 0 Å². The summed E-state index contributed by atoms with van der Waals surface area (Å²) in [6, 6.07) is 7.74. The van der Waals surface area contributed by atoms with Gasteiger partial charge in [-0.2, -0.15) is 5.11 Å². The van der Waals surface area contributed by atoms with Gasteiger partial charge in [-0.15, -0.1) is 5.11 Å².